The van der Waals surface area contributed by atoms with Crippen molar-refractivity contribution in [3.8, 4) is 11.3 Å². The first kappa shape index (κ1) is 23.7. The van der Waals surface area contributed by atoms with E-state index in [1.165, 1.54) is 0 Å². The molecule has 5 rings (SSSR count). The molecule has 2 heterocycles. The largest absolute Gasteiger partial charge is 0.351 e. The van der Waals surface area contributed by atoms with E-state index in [9.17, 15) is 9.59 Å². The Morgan fingerprint density at radius 3 is 2.43 bits per heavy atom. The van der Waals surface area contributed by atoms with Gasteiger partial charge in [-0.3, -0.25) is 9.59 Å². The summed E-state index contributed by atoms with van der Waals surface area (Å²) in [5.74, 6) is 0.462. The van der Waals surface area contributed by atoms with Gasteiger partial charge < -0.3 is 14.8 Å². The van der Waals surface area contributed by atoms with Crippen LogP contribution >= 0.6 is 11.6 Å². The Bertz CT molecular complexity index is 1230. The SMILES string of the molecule is CC1CCC(NC(=O)[C@@]2(C)Cn3c(ccc3-c3ccccc3)C(=O)N2Cc2cccc(Cl)c2)CC1. The molecule has 2 aliphatic rings. The maximum Gasteiger partial charge on any atom is 0.271 e. The first-order valence-electron chi connectivity index (χ1n) is 12.5. The second-order valence-corrected chi connectivity index (χ2v) is 10.7. The van der Waals surface area contributed by atoms with Gasteiger partial charge in [0.2, 0.25) is 5.91 Å². The Labute approximate surface area is 212 Å². The van der Waals surface area contributed by atoms with Gasteiger partial charge in [-0.2, -0.15) is 0 Å². The van der Waals surface area contributed by atoms with Crippen molar-refractivity contribution in [2.24, 2.45) is 5.92 Å². The summed E-state index contributed by atoms with van der Waals surface area (Å²) >= 11 is 6.24. The van der Waals surface area contributed by atoms with E-state index in [4.69, 9.17) is 11.6 Å². The lowest BCUT2D eigenvalue weighted by Gasteiger charge is -2.45. The van der Waals surface area contributed by atoms with E-state index in [0.717, 1.165) is 42.5 Å². The van der Waals surface area contributed by atoms with Crippen molar-refractivity contribution in [2.45, 2.75) is 64.2 Å². The number of amides is 2. The summed E-state index contributed by atoms with van der Waals surface area (Å²) in [6, 6.07) is 21.5. The van der Waals surface area contributed by atoms with E-state index in [-0.39, 0.29) is 17.9 Å². The second-order valence-electron chi connectivity index (χ2n) is 10.3. The molecular formula is C29H32ClN3O2. The lowest BCUT2D eigenvalue weighted by atomic mass is 9.86. The van der Waals surface area contributed by atoms with Gasteiger partial charge in [-0.25, -0.2) is 0 Å². The van der Waals surface area contributed by atoms with Gasteiger partial charge in [0.15, 0.2) is 0 Å². The zero-order valence-corrected chi connectivity index (χ0v) is 21.1. The van der Waals surface area contributed by atoms with Crippen LogP contribution in [0.15, 0.2) is 66.7 Å². The molecule has 0 saturated heterocycles. The third kappa shape index (κ3) is 4.62. The maximum atomic E-state index is 13.9. The number of nitrogens with one attached hydrogen (secondary N) is 1. The molecule has 2 amide bonds. The molecule has 2 aromatic carbocycles. The van der Waals surface area contributed by atoms with Crippen LogP contribution in [0.5, 0.6) is 0 Å². The summed E-state index contributed by atoms with van der Waals surface area (Å²) in [4.78, 5) is 29.5. The molecule has 1 aliphatic carbocycles. The van der Waals surface area contributed by atoms with Crippen molar-refractivity contribution < 1.29 is 9.59 Å². The number of carbonyl (C=O) groups is 2. The Kier molecular flexibility index (Phi) is 6.45. The summed E-state index contributed by atoms with van der Waals surface area (Å²) < 4.78 is 2.01. The standard InChI is InChI=1S/C29H32ClN3O2/c1-20-11-13-24(14-12-20)31-28(35)29(2)19-32-25(22-8-4-3-5-9-22)15-16-26(32)27(34)33(29)18-21-7-6-10-23(30)17-21/h3-10,15-17,20,24H,11-14,18-19H2,1-2H3,(H,31,35)/t20?,24?,29-/m1/s1. The number of hydrogen-bond donors (Lipinski definition) is 1. The average Bonchev–Trinajstić information content (AvgIpc) is 3.27. The van der Waals surface area contributed by atoms with Crippen LogP contribution < -0.4 is 5.32 Å². The highest BCUT2D eigenvalue weighted by atomic mass is 35.5. The molecular weight excluding hydrogens is 458 g/mol. The molecule has 0 radical (unpaired) electrons. The van der Waals surface area contributed by atoms with E-state index in [1.807, 2.05) is 78.2 Å². The smallest absolute Gasteiger partial charge is 0.271 e. The van der Waals surface area contributed by atoms with Crippen molar-refractivity contribution in [3.05, 3.63) is 83.0 Å². The van der Waals surface area contributed by atoms with E-state index < -0.39 is 5.54 Å². The lowest BCUT2D eigenvalue weighted by Crippen LogP contribution is -2.64. The predicted octanol–water partition coefficient (Wildman–Crippen LogP) is 5.92. The van der Waals surface area contributed by atoms with Gasteiger partial charge in [-0.05, 0) is 73.9 Å². The molecule has 6 heteroatoms. The predicted molar refractivity (Wildman–Crippen MR) is 139 cm³/mol. The Morgan fingerprint density at radius 1 is 1.00 bits per heavy atom. The second kappa shape index (κ2) is 9.54. The molecule has 5 nitrogen and oxygen atoms in total. The van der Waals surface area contributed by atoms with Crippen LogP contribution in [0.4, 0.5) is 0 Å². The minimum atomic E-state index is -1.04. The molecule has 0 bridgehead atoms. The lowest BCUT2D eigenvalue weighted by molar-refractivity contribution is -0.134. The van der Waals surface area contributed by atoms with Crippen molar-refractivity contribution in [1.82, 2.24) is 14.8 Å². The summed E-state index contributed by atoms with van der Waals surface area (Å²) in [6.07, 6.45) is 4.20. The first-order chi connectivity index (χ1) is 16.8. The van der Waals surface area contributed by atoms with Gasteiger partial charge >= 0.3 is 0 Å². The van der Waals surface area contributed by atoms with Crippen LogP contribution in [0.2, 0.25) is 5.02 Å². The van der Waals surface area contributed by atoms with Gasteiger partial charge in [-0.1, -0.05) is 61.0 Å². The molecule has 1 N–H and O–H groups in total. The van der Waals surface area contributed by atoms with Crippen LogP contribution in [0.1, 0.15) is 55.6 Å². The normalized spacial score (nSPS) is 24.2. The number of halogens is 1. The molecule has 0 unspecified atom stereocenters. The summed E-state index contributed by atoms with van der Waals surface area (Å²) in [7, 11) is 0. The Morgan fingerprint density at radius 2 is 1.71 bits per heavy atom. The summed E-state index contributed by atoms with van der Waals surface area (Å²) in [5, 5.41) is 3.92. The molecule has 1 saturated carbocycles. The molecule has 1 fully saturated rings. The average molecular weight is 490 g/mol. The van der Waals surface area contributed by atoms with Crippen molar-refractivity contribution in [2.75, 3.05) is 0 Å². The minimum absolute atomic E-state index is 0.0919. The Hall–Kier alpha value is -3.05. The van der Waals surface area contributed by atoms with Gasteiger partial charge in [-0.15, -0.1) is 0 Å². The van der Waals surface area contributed by atoms with Crippen LogP contribution in [-0.2, 0) is 17.9 Å². The third-order valence-electron chi connectivity index (χ3n) is 7.65. The molecule has 0 spiro atoms. The molecule has 1 aliphatic heterocycles. The highest BCUT2D eigenvalue weighted by molar-refractivity contribution is 6.30. The van der Waals surface area contributed by atoms with Crippen LogP contribution in [0.3, 0.4) is 0 Å². The van der Waals surface area contributed by atoms with Crippen LogP contribution in [0.25, 0.3) is 11.3 Å². The third-order valence-corrected chi connectivity index (χ3v) is 7.88. The Balaban J connectivity index is 1.52. The maximum absolute atomic E-state index is 13.9. The topological polar surface area (TPSA) is 54.3 Å². The number of benzene rings is 2. The summed E-state index contributed by atoms with van der Waals surface area (Å²) in [5.41, 5.74) is 2.43. The van der Waals surface area contributed by atoms with Crippen molar-refractivity contribution in [1.29, 1.82) is 0 Å². The van der Waals surface area contributed by atoms with Gasteiger partial charge in [0, 0.05) is 23.3 Å². The minimum Gasteiger partial charge on any atom is -0.351 e. The van der Waals surface area contributed by atoms with E-state index >= 15 is 0 Å². The molecule has 182 valence electrons. The molecule has 35 heavy (non-hydrogen) atoms. The zero-order chi connectivity index (χ0) is 24.6. The molecule has 1 atom stereocenters. The monoisotopic (exact) mass is 489 g/mol. The molecule has 3 aromatic rings. The number of aromatic nitrogens is 1. The number of carbonyl (C=O) groups excluding carboxylic acids is 2. The quantitative estimate of drug-likeness (QED) is 0.483. The van der Waals surface area contributed by atoms with Crippen molar-refractivity contribution >= 4 is 23.4 Å². The number of nitrogens with zero attached hydrogens (tertiary/aromatic N) is 2. The molecule has 1 aromatic heterocycles. The van der Waals surface area contributed by atoms with E-state index in [2.05, 4.69) is 12.2 Å². The summed E-state index contributed by atoms with van der Waals surface area (Å²) in [6.45, 7) is 4.87. The fourth-order valence-corrected chi connectivity index (χ4v) is 5.66. The highest BCUT2D eigenvalue weighted by Crippen LogP contribution is 2.35. The van der Waals surface area contributed by atoms with Gasteiger partial charge in [0.25, 0.3) is 5.91 Å². The first-order valence-corrected chi connectivity index (χ1v) is 12.9. The fraction of sp³-hybridized carbons (Fsp3) is 0.379. The van der Waals surface area contributed by atoms with Gasteiger partial charge in [0.05, 0.1) is 6.54 Å². The van der Waals surface area contributed by atoms with Crippen molar-refractivity contribution in [3.63, 3.8) is 0 Å². The zero-order valence-electron chi connectivity index (χ0n) is 20.3. The van der Waals surface area contributed by atoms with Gasteiger partial charge in [0.1, 0.15) is 11.2 Å². The van der Waals surface area contributed by atoms with Crippen LogP contribution in [0, 0.1) is 5.92 Å². The van der Waals surface area contributed by atoms with E-state index in [1.54, 1.807) is 4.90 Å². The number of hydrogen-bond acceptors (Lipinski definition) is 2. The fourth-order valence-electron chi connectivity index (χ4n) is 5.45. The number of fused-ring (bicyclic) bond motifs is 1. The van der Waals surface area contributed by atoms with Crippen LogP contribution in [-0.4, -0.2) is 32.9 Å². The number of rotatable bonds is 5. The van der Waals surface area contributed by atoms with E-state index in [0.29, 0.717) is 29.7 Å². The highest BCUT2D eigenvalue weighted by Gasteiger charge is 2.48.